The second kappa shape index (κ2) is 8.10. The first-order valence-corrected chi connectivity index (χ1v) is 12.8. The first-order valence-electron chi connectivity index (χ1n) is 9.82. The number of carbonyl (C=O) groups excluding carboxylic acids is 1. The van der Waals surface area contributed by atoms with E-state index in [0.29, 0.717) is 25.7 Å². The van der Waals surface area contributed by atoms with Crippen LogP contribution in [-0.2, 0) is 24.8 Å². The van der Waals surface area contributed by atoms with E-state index in [2.05, 4.69) is 0 Å². The van der Waals surface area contributed by atoms with Gasteiger partial charge in [0.05, 0.1) is 0 Å². The molecule has 1 aromatic heterocycles. The summed E-state index contributed by atoms with van der Waals surface area (Å²) >= 11 is 0. The van der Waals surface area contributed by atoms with Crippen LogP contribution in [0.15, 0.2) is 68.8 Å². The molecule has 1 saturated carbocycles. The lowest BCUT2D eigenvalue weighted by Crippen LogP contribution is -2.37. The summed E-state index contributed by atoms with van der Waals surface area (Å²) in [6.45, 7) is 0. The summed E-state index contributed by atoms with van der Waals surface area (Å²) in [5, 5.41) is 6.14. The van der Waals surface area contributed by atoms with Gasteiger partial charge in [0.25, 0.3) is 10.0 Å². The number of amides is 1. The zero-order chi connectivity index (χ0) is 22.2. The van der Waals surface area contributed by atoms with Crippen LogP contribution < -0.4 is 9.86 Å². The van der Waals surface area contributed by atoms with Crippen molar-refractivity contribution in [3.63, 3.8) is 0 Å². The number of rotatable bonds is 5. The number of nitrogens with one attached hydrogen (secondary N) is 1. The smallest absolute Gasteiger partial charge is 0.265 e. The molecule has 3 aromatic rings. The third-order valence-electron chi connectivity index (χ3n) is 5.63. The molecule has 0 unspecified atom stereocenters. The Morgan fingerprint density at radius 3 is 2.16 bits per heavy atom. The Labute approximate surface area is 180 Å². The average Bonchev–Trinajstić information content (AvgIpc) is 3.17. The van der Waals surface area contributed by atoms with Crippen LogP contribution in [0.1, 0.15) is 37.4 Å². The van der Waals surface area contributed by atoms with E-state index in [4.69, 9.17) is 9.56 Å². The van der Waals surface area contributed by atoms with Crippen molar-refractivity contribution in [2.75, 3.05) is 0 Å². The highest BCUT2D eigenvalue weighted by Crippen LogP contribution is 2.38. The van der Waals surface area contributed by atoms with Gasteiger partial charge in [-0.05, 0) is 49.9 Å². The van der Waals surface area contributed by atoms with Gasteiger partial charge in [-0.1, -0.05) is 30.3 Å². The van der Waals surface area contributed by atoms with Crippen molar-refractivity contribution in [2.45, 2.75) is 41.4 Å². The topological polar surface area (TPSA) is 137 Å². The van der Waals surface area contributed by atoms with Crippen molar-refractivity contribution in [2.24, 2.45) is 11.1 Å². The van der Waals surface area contributed by atoms with Crippen LogP contribution in [0.4, 0.5) is 0 Å². The normalized spacial score (nSPS) is 19.9. The molecule has 0 aliphatic heterocycles. The van der Waals surface area contributed by atoms with Gasteiger partial charge in [0.15, 0.2) is 0 Å². The second-order valence-corrected chi connectivity index (χ2v) is 10.9. The molecule has 8 nitrogen and oxygen atoms in total. The van der Waals surface area contributed by atoms with Crippen LogP contribution in [0, 0.1) is 5.92 Å². The summed E-state index contributed by atoms with van der Waals surface area (Å²) in [6, 6.07) is 14.7. The number of nitrogens with two attached hydrogens (primary N) is 1. The number of primary sulfonamides is 1. The van der Waals surface area contributed by atoms with Crippen molar-refractivity contribution >= 4 is 36.9 Å². The zero-order valence-electron chi connectivity index (χ0n) is 16.5. The van der Waals surface area contributed by atoms with Crippen molar-refractivity contribution < 1.29 is 26.0 Å². The number of fused-ring (bicyclic) bond motifs is 1. The average molecular weight is 463 g/mol. The fraction of sp³-hybridized carbons (Fsp3) is 0.286. The Kier molecular flexibility index (Phi) is 5.63. The number of sulfonamides is 2. The highest BCUT2D eigenvalue weighted by Gasteiger charge is 2.32. The number of furan rings is 1. The minimum Gasteiger partial charge on any atom is -0.461 e. The van der Waals surface area contributed by atoms with E-state index in [9.17, 15) is 21.6 Å². The fourth-order valence-corrected chi connectivity index (χ4v) is 6.45. The minimum absolute atomic E-state index is 0.163. The Morgan fingerprint density at radius 2 is 1.52 bits per heavy atom. The van der Waals surface area contributed by atoms with Gasteiger partial charge >= 0.3 is 0 Å². The molecule has 164 valence electrons. The third-order valence-corrected chi connectivity index (χ3v) is 8.13. The third kappa shape index (κ3) is 4.51. The van der Waals surface area contributed by atoms with Gasteiger partial charge in [0, 0.05) is 17.2 Å². The highest BCUT2D eigenvalue weighted by molar-refractivity contribution is 7.92. The van der Waals surface area contributed by atoms with Gasteiger partial charge in [0.1, 0.15) is 21.1 Å². The van der Waals surface area contributed by atoms with Crippen molar-refractivity contribution in [3.8, 4) is 0 Å². The largest absolute Gasteiger partial charge is 0.461 e. The summed E-state index contributed by atoms with van der Waals surface area (Å²) in [5.74, 6) is -0.102. The lowest BCUT2D eigenvalue weighted by atomic mass is 9.80. The van der Waals surface area contributed by atoms with Crippen LogP contribution in [-0.4, -0.2) is 22.7 Å². The van der Waals surface area contributed by atoms with E-state index in [1.165, 1.54) is 12.1 Å². The monoisotopic (exact) mass is 462 g/mol. The van der Waals surface area contributed by atoms with Crippen LogP contribution in [0.25, 0.3) is 11.0 Å². The van der Waals surface area contributed by atoms with Gasteiger partial charge in [-0.3, -0.25) is 4.79 Å². The predicted octanol–water partition coefficient (Wildman–Crippen LogP) is 2.86. The molecule has 10 heteroatoms. The molecular formula is C21H22N2O6S2. The summed E-state index contributed by atoms with van der Waals surface area (Å²) in [6.07, 6.45) is 2.37. The number of hydrogen-bond acceptors (Lipinski definition) is 6. The van der Waals surface area contributed by atoms with Crippen LogP contribution in [0.3, 0.4) is 0 Å². The van der Waals surface area contributed by atoms with Crippen molar-refractivity contribution in [1.82, 2.24) is 4.72 Å². The lowest BCUT2D eigenvalue weighted by Gasteiger charge is -2.26. The van der Waals surface area contributed by atoms with Gasteiger partial charge in [0.2, 0.25) is 15.9 Å². The maximum Gasteiger partial charge on any atom is 0.265 e. The van der Waals surface area contributed by atoms with E-state index in [1.54, 1.807) is 0 Å². The van der Waals surface area contributed by atoms with Crippen molar-refractivity contribution in [1.29, 1.82) is 0 Å². The highest BCUT2D eigenvalue weighted by atomic mass is 32.2. The lowest BCUT2D eigenvalue weighted by molar-refractivity contribution is -0.124. The molecule has 0 spiro atoms. The van der Waals surface area contributed by atoms with E-state index in [0.717, 1.165) is 28.9 Å². The van der Waals surface area contributed by atoms with E-state index < -0.39 is 41.7 Å². The van der Waals surface area contributed by atoms with E-state index in [-0.39, 0.29) is 5.92 Å². The van der Waals surface area contributed by atoms with Gasteiger partial charge in [-0.15, -0.1) is 0 Å². The summed E-state index contributed by atoms with van der Waals surface area (Å²) < 4.78 is 56.7. The first-order chi connectivity index (χ1) is 14.6. The molecule has 1 aliphatic rings. The van der Waals surface area contributed by atoms with E-state index >= 15 is 0 Å². The molecule has 0 bridgehead atoms. The molecule has 2 aromatic carbocycles. The molecule has 0 radical (unpaired) electrons. The number of para-hydroxylation sites is 1. The van der Waals surface area contributed by atoms with Crippen molar-refractivity contribution in [3.05, 3.63) is 60.4 Å². The molecule has 0 atom stereocenters. The first kappa shape index (κ1) is 21.5. The summed E-state index contributed by atoms with van der Waals surface area (Å²) in [4.78, 5) is 11.5. The van der Waals surface area contributed by atoms with Crippen LogP contribution >= 0.6 is 0 Å². The zero-order valence-corrected chi connectivity index (χ0v) is 18.2. The Hall–Kier alpha value is -2.69. The summed E-state index contributed by atoms with van der Waals surface area (Å²) in [5.41, 5.74) is 0.817. The quantitative estimate of drug-likeness (QED) is 0.598. The summed E-state index contributed by atoms with van der Waals surface area (Å²) in [7, 11) is -8.65. The van der Waals surface area contributed by atoms with Gasteiger partial charge < -0.3 is 4.42 Å². The SMILES string of the molecule is NS(=O)(=O)c1ccccc1S(=O)(=O)NC(=O)[C@H]1CC[C@@H](c2cc3ccccc3o2)CC1. The molecule has 3 N–H and O–H groups in total. The molecule has 1 amide bonds. The van der Waals surface area contributed by atoms with E-state index in [1.807, 2.05) is 35.1 Å². The molecule has 1 fully saturated rings. The van der Waals surface area contributed by atoms with Gasteiger partial charge in [-0.2, -0.15) is 0 Å². The maximum absolute atomic E-state index is 12.7. The van der Waals surface area contributed by atoms with Gasteiger partial charge in [-0.25, -0.2) is 26.7 Å². The molecule has 0 saturated heterocycles. The molecular weight excluding hydrogens is 440 g/mol. The minimum atomic E-state index is -4.38. The maximum atomic E-state index is 12.7. The number of hydrogen-bond donors (Lipinski definition) is 2. The standard InChI is InChI=1S/C21H22N2O6S2/c22-30(25,26)19-7-3-4-8-20(19)31(27,28)23-21(24)15-11-9-14(10-12-15)18-13-16-5-1-2-6-17(16)29-18/h1-8,13-15H,9-12H2,(H,23,24)(H2,22,25,26)/t14-,15+. The fourth-order valence-electron chi connectivity index (χ4n) is 4.02. The Balaban J connectivity index is 1.44. The molecule has 31 heavy (non-hydrogen) atoms. The second-order valence-electron chi connectivity index (χ2n) is 7.70. The molecule has 1 aliphatic carbocycles. The Bertz CT molecular complexity index is 1300. The van der Waals surface area contributed by atoms with Crippen LogP contribution in [0.5, 0.6) is 0 Å². The molecule has 1 heterocycles. The number of carbonyl (C=O) groups is 1. The van der Waals surface area contributed by atoms with Crippen LogP contribution in [0.2, 0.25) is 0 Å². The predicted molar refractivity (Wildman–Crippen MR) is 114 cm³/mol. The Morgan fingerprint density at radius 1 is 0.903 bits per heavy atom. The number of benzene rings is 2. The molecule has 4 rings (SSSR count).